The van der Waals surface area contributed by atoms with Gasteiger partial charge in [0.15, 0.2) is 5.69 Å². The molecule has 0 aliphatic rings. The standard InChI is InChI=1S/C10H9F3N6O3/c1-4-6(8(17-16-4)10(11,12)13)15-9(20)7-5(19(21)22)3-14-18(7)2/h3H,1-2H3,(H,15,20)(H,16,17). The van der Waals surface area contributed by atoms with Crippen LogP contribution < -0.4 is 5.32 Å². The monoisotopic (exact) mass is 318 g/mol. The summed E-state index contributed by atoms with van der Waals surface area (Å²) in [4.78, 5) is 22.0. The number of halogens is 3. The number of aromatic amines is 1. The van der Waals surface area contributed by atoms with E-state index in [1.54, 1.807) is 0 Å². The molecule has 0 unspecified atom stereocenters. The van der Waals surface area contributed by atoms with E-state index in [9.17, 15) is 28.1 Å². The molecular formula is C10H9F3N6O3. The van der Waals surface area contributed by atoms with E-state index in [1.165, 1.54) is 14.0 Å². The van der Waals surface area contributed by atoms with E-state index in [4.69, 9.17) is 0 Å². The van der Waals surface area contributed by atoms with Crippen LogP contribution in [0.1, 0.15) is 21.9 Å². The zero-order chi connectivity index (χ0) is 16.7. The van der Waals surface area contributed by atoms with Crippen LogP contribution in [0, 0.1) is 17.0 Å². The summed E-state index contributed by atoms with van der Waals surface area (Å²) in [6.45, 7) is 1.27. The number of amides is 1. The summed E-state index contributed by atoms with van der Waals surface area (Å²) in [6.07, 6.45) is -3.95. The Morgan fingerprint density at radius 1 is 1.50 bits per heavy atom. The lowest BCUT2D eigenvalue weighted by atomic mass is 10.2. The van der Waals surface area contributed by atoms with Crippen LogP contribution in [0.4, 0.5) is 24.5 Å². The Morgan fingerprint density at radius 3 is 2.68 bits per heavy atom. The number of hydrogen-bond acceptors (Lipinski definition) is 5. The van der Waals surface area contributed by atoms with Gasteiger partial charge in [0.25, 0.3) is 5.91 Å². The van der Waals surface area contributed by atoms with E-state index >= 15 is 0 Å². The summed E-state index contributed by atoms with van der Waals surface area (Å²) in [5.41, 5.74) is -3.03. The minimum atomic E-state index is -4.79. The first-order chi connectivity index (χ1) is 10.1. The quantitative estimate of drug-likeness (QED) is 0.658. The zero-order valence-electron chi connectivity index (χ0n) is 11.2. The van der Waals surface area contributed by atoms with Gasteiger partial charge in [-0.1, -0.05) is 0 Å². The highest BCUT2D eigenvalue weighted by atomic mass is 19.4. The number of hydrogen-bond donors (Lipinski definition) is 2. The summed E-state index contributed by atoms with van der Waals surface area (Å²) < 4.78 is 39.2. The van der Waals surface area contributed by atoms with Crippen LogP contribution in [0.2, 0.25) is 0 Å². The predicted octanol–water partition coefficient (Wildman–Crippen LogP) is 1.63. The van der Waals surface area contributed by atoms with E-state index in [-0.39, 0.29) is 5.69 Å². The molecule has 0 bridgehead atoms. The maximum absolute atomic E-state index is 12.8. The molecule has 2 rings (SSSR count). The van der Waals surface area contributed by atoms with Gasteiger partial charge < -0.3 is 5.32 Å². The normalized spacial score (nSPS) is 11.5. The second-order valence-corrected chi connectivity index (χ2v) is 4.28. The fourth-order valence-corrected chi connectivity index (χ4v) is 1.78. The van der Waals surface area contributed by atoms with Crippen molar-refractivity contribution in [2.75, 3.05) is 5.32 Å². The topological polar surface area (TPSA) is 119 Å². The summed E-state index contributed by atoms with van der Waals surface area (Å²) >= 11 is 0. The van der Waals surface area contributed by atoms with Crippen molar-refractivity contribution in [1.82, 2.24) is 20.0 Å². The molecule has 1 amide bonds. The van der Waals surface area contributed by atoms with Crippen molar-refractivity contribution >= 4 is 17.3 Å². The van der Waals surface area contributed by atoms with Crippen LogP contribution in [-0.2, 0) is 13.2 Å². The molecule has 0 fully saturated rings. The first-order valence-corrected chi connectivity index (χ1v) is 5.72. The van der Waals surface area contributed by atoms with Crippen LogP contribution in [-0.4, -0.2) is 30.8 Å². The van der Waals surface area contributed by atoms with Gasteiger partial charge >= 0.3 is 11.9 Å². The Bertz CT molecular complexity index is 748. The third-order valence-electron chi connectivity index (χ3n) is 2.79. The average Bonchev–Trinajstić information content (AvgIpc) is 2.93. The van der Waals surface area contributed by atoms with Crippen molar-refractivity contribution in [3.05, 3.63) is 33.4 Å². The summed E-state index contributed by atoms with van der Waals surface area (Å²) in [6, 6.07) is 0. The molecule has 2 N–H and O–H groups in total. The number of aryl methyl sites for hydroxylation is 2. The van der Waals surface area contributed by atoms with Crippen LogP contribution in [0.5, 0.6) is 0 Å². The van der Waals surface area contributed by atoms with E-state index in [0.717, 1.165) is 10.9 Å². The summed E-state index contributed by atoms with van der Waals surface area (Å²) in [5, 5.41) is 21.5. The lowest BCUT2D eigenvalue weighted by Gasteiger charge is -2.08. The smallest absolute Gasteiger partial charge is 0.317 e. The van der Waals surface area contributed by atoms with Crippen molar-refractivity contribution in [3.8, 4) is 0 Å². The number of anilines is 1. The van der Waals surface area contributed by atoms with Gasteiger partial charge in [-0.25, -0.2) is 0 Å². The number of aromatic nitrogens is 4. The minimum absolute atomic E-state index is 0.0366. The first kappa shape index (κ1) is 15.5. The molecule has 0 saturated carbocycles. The van der Waals surface area contributed by atoms with Crippen LogP contribution in [0.25, 0.3) is 0 Å². The second-order valence-electron chi connectivity index (χ2n) is 4.28. The molecule has 2 aromatic rings. The van der Waals surface area contributed by atoms with E-state index in [0.29, 0.717) is 0 Å². The van der Waals surface area contributed by atoms with Crippen molar-refractivity contribution in [2.24, 2.45) is 7.05 Å². The lowest BCUT2D eigenvalue weighted by Crippen LogP contribution is -2.20. The highest BCUT2D eigenvalue weighted by Gasteiger charge is 2.39. The highest BCUT2D eigenvalue weighted by Crippen LogP contribution is 2.35. The summed E-state index contributed by atoms with van der Waals surface area (Å²) in [5.74, 6) is -1.10. The fourth-order valence-electron chi connectivity index (χ4n) is 1.78. The van der Waals surface area contributed by atoms with Crippen LogP contribution in [0.3, 0.4) is 0 Å². The number of nitrogens with zero attached hydrogens (tertiary/aromatic N) is 4. The number of rotatable bonds is 3. The largest absolute Gasteiger partial charge is 0.437 e. The molecule has 2 aromatic heterocycles. The van der Waals surface area contributed by atoms with Gasteiger partial charge in [0.2, 0.25) is 5.69 Å². The molecule has 0 aliphatic heterocycles. The Hall–Kier alpha value is -2.92. The molecule has 0 aliphatic carbocycles. The third kappa shape index (κ3) is 2.62. The van der Waals surface area contributed by atoms with Crippen molar-refractivity contribution in [2.45, 2.75) is 13.1 Å². The lowest BCUT2D eigenvalue weighted by molar-refractivity contribution is -0.385. The van der Waals surface area contributed by atoms with Crippen molar-refractivity contribution in [1.29, 1.82) is 0 Å². The predicted molar refractivity (Wildman–Crippen MR) is 66.1 cm³/mol. The first-order valence-electron chi connectivity index (χ1n) is 5.72. The van der Waals surface area contributed by atoms with E-state index in [2.05, 4.69) is 15.3 Å². The third-order valence-corrected chi connectivity index (χ3v) is 2.79. The number of carbonyl (C=O) groups is 1. The second kappa shape index (κ2) is 5.13. The average molecular weight is 318 g/mol. The molecule has 22 heavy (non-hydrogen) atoms. The molecular weight excluding hydrogens is 309 g/mol. The molecule has 0 atom stereocenters. The van der Waals surface area contributed by atoms with Gasteiger partial charge in [0.05, 0.1) is 16.3 Å². The van der Waals surface area contributed by atoms with Gasteiger partial charge in [0.1, 0.15) is 6.20 Å². The molecule has 0 aromatic carbocycles. The minimum Gasteiger partial charge on any atom is -0.317 e. The molecule has 2 heterocycles. The summed E-state index contributed by atoms with van der Waals surface area (Å²) in [7, 11) is 1.26. The van der Waals surface area contributed by atoms with Gasteiger partial charge in [0, 0.05) is 7.05 Å². The SMILES string of the molecule is Cc1[nH]nc(C(F)(F)F)c1NC(=O)c1c([N+](=O)[O-])cnn1C. The molecule has 118 valence electrons. The van der Waals surface area contributed by atoms with Gasteiger partial charge in [-0.15, -0.1) is 0 Å². The number of nitro groups is 1. The molecule has 12 heteroatoms. The van der Waals surface area contributed by atoms with Crippen LogP contribution in [0.15, 0.2) is 6.20 Å². The molecule has 0 radical (unpaired) electrons. The molecule has 9 nitrogen and oxygen atoms in total. The highest BCUT2D eigenvalue weighted by molar-refractivity contribution is 6.06. The number of carbonyl (C=O) groups excluding carboxylic acids is 1. The van der Waals surface area contributed by atoms with Crippen LogP contribution >= 0.6 is 0 Å². The zero-order valence-corrected chi connectivity index (χ0v) is 11.2. The van der Waals surface area contributed by atoms with Gasteiger partial charge in [-0.3, -0.25) is 24.7 Å². The Kier molecular flexibility index (Phi) is 3.60. The van der Waals surface area contributed by atoms with Gasteiger partial charge in [-0.2, -0.15) is 23.4 Å². The Morgan fingerprint density at radius 2 is 2.14 bits per heavy atom. The molecule has 0 saturated heterocycles. The van der Waals surface area contributed by atoms with Crippen molar-refractivity contribution < 1.29 is 22.9 Å². The maximum Gasteiger partial charge on any atom is 0.437 e. The van der Waals surface area contributed by atoms with E-state index < -0.39 is 39.8 Å². The number of nitrogens with one attached hydrogen (secondary N) is 2. The Labute approximate surface area is 120 Å². The molecule has 0 spiro atoms. The van der Waals surface area contributed by atoms with E-state index in [1.807, 2.05) is 5.32 Å². The van der Waals surface area contributed by atoms with Crippen molar-refractivity contribution in [3.63, 3.8) is 0 Å². The van der Waals surface area contributed by atoms with Gasteiger partial charge in [-0.05, 0) is 6.92 Å². The number of alkyl halides is 3. The maximum atomic E-state index is 12.8. The fraction of sp³-hybridized carbons (Fsp3) is 0.300. The Balaban J connectivity index is 2.41. The number of H-pyrrole nitrogens is 1.